The van der Waals surface area contributed by atoms with E-state index in [1.807, 2.05) is 0 Å². The van der Waals surface area contributed by atoms with Gasteiger partial charge < -0.3 is 0 Å². The molecule has 94 valence electrons. The zero-order valence-corrected chi connectivity index (χ0v) is 11.2. The number of ketones is 1. The lowest BCUT2D eigenvalue weighted by atomic mass is 10.2. The topological polar surface area (TPSA) is 63.2 Å². The minimum Gasteiger partial charge on any atom is -0.300 e. The molecule has 6 heteroatoms. The Balaban J connectivity index is 2.82. The second kappa shape index (κ2) is 5.62. The number of sulfonamides is 1. The first kappa shape index (κ1) is 14.2. The molecule has 0 atom stereocenters. The maximum atomic E-state index is 11.8. The number of benzene rings is 1. The summed E-state index contributed by atoms with van der Waals surface area (Å²) in [4.78, 5) is 10.9. The maximum absolute atomic E-state index is 11.8. The van der Waals surface area contributed by atoms with Crippen LogP contribution in [0.1, 0.15) is 18.9 Å². The summed E-state index contributed by atoms with van der Waals surface area (Å²) < 4.78 is 26.0. The molecule has 0 radical (unpaired) electrons. The molecule has 0 aliphatic heterocycles. The van der Waals surface area contributed by atoms with Gasteiger partial charge in [-0.1, -0.05) is 11.6 Å². The molecule has 0 unspecified atom stereocenters. The van der Waals surface area contributed by atoms with Gasteiger partial charge in [0.15, 0.2) is 0 Å². The monoisotopic (exact) mass is 275 g/mol. The summed E-state index contributed by atoms with van der Waals surface area (Å²) in [6, 6.07) is 4.47. The van der Waals surface area contributed by atoms with Crippen molar-refractivity contribution in [3.05, 3.63) is 28.8 Å². The van der Waals surface area contributed by atoms with Gasteiger partial charge in [0.2, 0.25) is 10.0 Å². The van der Waals surface area contributed by atoms with Crippen molar-refractivity contribution in [3.63, 3.8) is 0 Å². The number of carbonyl (C=O) groups is 1. The van der Waals surface area contributed by atoms with Crippen LogP contribution in [-0.2, 0) is 14.8 Å². The van der Waals surface area contributed by atoms with Crippen LogP contribution in [0.2, 0.25) is 5.02 Å². The van der Waals surface area contributed by atoms with E-state index < -0.39 is 10.0 Å². The van der Waals surface area contributed by atoms with Gasteiger partial charge in [-0.2, -0.15) is 0 Å². The fourth-order valence-electron chi connectivity index (χ4n) is 1.23. The molecule has 1 aromatic rings. The first-order valence-corrected chi connectivity index (χ1v) is 6.94. The second-order valence-electron chi connectivity index (χ2n) is 3.76. The zero-order valence-electron chi connectivity index (χ0n) is 9.66. The molecular formula is C11H14ClNO3S. The maximum Gasteiger partial charge on any atom is 0.240 e. The quantitative estimate of drug-likeness (QED) is 0.893. The summed E-state index contributed by atoms with van der Waals surface area (Å²) in [5.41, 5.74) is 0.695. The predicted molar refractivity (Wildman–Crippen MR) is 66.7 cm³/mol. The van der Waals surface area contributed by atoms with Crippen LogP contribution < -0.4 is 4.72 Å². The number of Topliss-reactive ketones (excluding diaryl/α,β-unsaturated/α-hetero) is 1. The van der Waals surface area contributed by atoms with Crippen LogP contribution in [0.4, 0.5) is 0 Å². The van der Waals surface area contributed by atoms with E-state index in [0.29, 0.717) is 10.6 Å². The first-order chi connectivity index (χ1) is 7.83. The zero-order chi connectivity index (χ0) is 13.1. The number of rotatable bonds is 5. The second-order valence-corrected chi connectivity index (χ2v) is 5.93. The largest absolute Gasteiger partial charge is 0.300 e. The summed E-state index contributed by atoms with van der Waals surface area (Å²) >= 11 is 5.82. The molecule has 0 fully saturated rings. The third-order valence-electron chi connectivity index (χ3n) is 2.21. The van der Waals surface area contributed by atoms with Gasteiger partial charge in [-0.3, -0.25) is 4.79 Å². The van der Waals surface area contributed by atoms with Crippen molar-refractivity contribution in [3.8, 4) is 0 Å². The molecule has 1 rings (SSSR count). The van der Waals surface area contributed by atoms with Crippen LogP contribution in [0, 0.1) is 6.92 Å². The Kier molecular flexibility index (Phi) is 4.68. The number of aryl methyl sites for hydroxylation is 1. The van der Waals surface area contributed by atoms with E-state index >= 15 is 0 Å². The van der Waals surface area contributed by atoms with E-state index in [1.54, 1.807) is 6.92 Å². The highest BCUT2D eigenvalue weighted by Crippen LogP contribution is 2.19. The Hall–Kier alpha value is -0.910. The molecule has 0 aliphatic rings. The number of halogens is 1. The van der Waals surface area contributed by atoms with Crippen LogP contribution in [0.5, 0.6) is 0 Å². The number of hydrogen-bond donors (Lipinski definition) is 1. The highest BCUT2D eigenvalue weighted by molar-refractivity contribution is 7.89. The van der Waals surface area contributed by atoms with Crippen molar-refractivity contribution < 1.29 is 13.2 Å². The van der Waals surface area contributed by atoms with Gasteiger partial charge in [0.25, 0.3) is 0 Å². The molecule has 0 bridgehead atoms. The van der Waals surface area contributed by atoms with Crippen molar-refractivity contribution in [1.29, 1.82) is 0 Å². The van der Waals surface area contributed by atoms with Crippen molar-refractivity contribution >= 4 is 27.4 Å². The minimum absolute atomic E-state index is 0.0556. The van der Waals surface area contributed by atoms with Gasteiger partial charge in [0, 0.05) is 18.0 Å². The molecule has 17 heavy (non-hydrogen) atoms. The van der Waals surface area contributed by atoms with Crippen LogP contribution in [0.15, 0.2) is 23.1 Å². The molecule has 0 saturated heterocycles. The minimum atomic E-state index is -3.56. The lowest BCUT2D eigenvalue weighted by Crippen LogP contribution is -2.26. The standard InChI is InChI=1S/C11H14ClNO3S/c1-8-7-10(3-4-11(8)12)17(15,16)13-6-5-9(2)14/h3-4,7,13H,5-6H2,1-2H3. The normalized spacial score (nSPS) is 11.5. The van der Waals surface area contributed by atoms with E-state index in [-0.39, 0.29) is 23.6 Å². The summed E-state index contributed by atoms with van der Waals surface area (Å²) in [7, 11) is -3.56. The van der Waals surface area contributed by atoms with Crippen LogP contribution in [-0.4, -0.2) is 20.7 Å². The van der Waals surface area contributed by atoms with Gasteiger partial charge in [-0.25, -0.2) is 13.1 Å². The van der Waals surface area contributed by atoms with Gasteiger partial charge in [0.1, 0.15) is 5.78 Å². The summed E-state index contributed by atoms with van der Waals surface area (Å²) in [5, 5.41) is 0.521. The highest BCUT2D eigenvalue weighted by Gasteiger charge is 2.14. The van der Waals surface area contributed by atoms with E-state index in [4.69, 9.17) is 11.6 Å². The lowest BCUT2D eigenvalue weighted by molar-refractivity contribution is -0.116. The Morgan fingerprint density at radius 3 is 2.59 bits per heavy atom. The molecule has 0 saturated carbocycles. The van der Waals surface area contributed by atoms with Crippen molar-refractivity contribution in [2.45, 2.75) is 25.2 Å². The average molecular weight is 276 g/mol. The summed E-state index contributed by atoms with van der Waals surface area (Å²) in [5.74, 6) is -0.0556. The van der Waals surface area contributed by atoms with Gasteiger partial charge in [0.05, 0.1) is 4.90 Å². The van der Waals surface area contributed by atoms with Gasteiger partial charge >= 0.3 is 0 Å². The van der Waals surface area contributed by atoms with E-state index in [1.165, 1.54) is 25.1 Å². The molecule has 4 nitrogen and oxygen atoms in total. The van der Waals surface area contributed by atoms with Crippen LogP contribution in [0.25, 0.3) is 0 Å². The Labute approximate surface area is 106 Å². The molecule has 0 heterocycles. The third kappa shape index (κ3) is 4.11. The summed E-state index contributed by atoms with van der Waals surface area (Å²) in [6.07, 6.45) is 0.186. The Bertz CT molecular complexity index is 526. The fourth-order valence-corrected chi connectivity index (χ4v) is 2.46. The van der Waals surface area contributed by atoms with E-state index in [0.717, 1.165) is 0 Å². The van der Waals surface area contributed by atoms with Crippen molar-refractivity contribution in [2.75, 3.05) is 6.54 Å². The lowest BCUT2D eigenvalue weighted by Gasteiger charge is -2.07. The van der Waals surface area contributed by atoms with Crippen LogP contribution in [0.3, 0.4) is 0 Å². The third-order valence-corrected chi connectivity index (χ3v) is 4.09. The Morgan fingerprint density at radius 1 is 1.41 bits per heavy atom. The van der Waals surface area contributed by atoms with E-state index in [9.17, 15) is 13.2 Å². The number of nitrogens with one attached hydrogen (secondary N) is 1. The molecule has 1 aromatic carbocycles. The SMILES string of the molecule is CC(=O)CCNS(=O)(=O)c1ccc(Cl)c(C)c1. The number of hydrogen-bond acceptors (Lipinski definition) is 3. The van der Waals surface area contributed by atoms with Crippen LogP contribution >= 0.6 is 11.6 Å². The smallest absolute Gasteiger partial charge is 0.240 e. The molecule has 0 spiro atoms. The Morgan fingerprint density at radius 2 is 2.06 bits per heavy atom. The number of carbonyl (C=O) groups excluding carboxylic acids is 1. The molecule has 0 aromatic heterocycles. The first-order valence-electron chi connectivity index (χ1n) is 5.08. The molecule has 0 amide bonds. The van der Waals surface area contributed by atoms with E-state index in [2.05, 4.69) is 4.72 Å². The average Bonchev–Trinajstić information content (AvgIpc) is 2.21. The predicted octanol–water partition coefficient (Wildman–Crippen LogP) is 1.91. The van der Waals surface area contributed by atoms with Gasteiger partial charge in [-0.05, 0) is 37.6 Å². The van der Waals surface area contributed by atoms with Crippen molar-refractivity contribution in [1.82, 2.24) is 4.72 Å². The van der Waals surface area contributed by atoms with Crippen molar-refractivity contribution in [2.24, 2.45) is 0 Å². The molecule has 1 N–H and O–H groups in total. The highest BCUT2D eigenvalue weighted by atomic mass is 35.5. The fraction of sp³-hybridized carbons (Fsp3) is 0.364. The van der Waals surface area contributed by atoms with Gasteiger partial charge in [-0.15, -0.1) is 0 Å². The summed E-state index contributed by atoms with van der Waals surface area (Å²) in [6.45, 7) is 3.26. The molecule has 0 aliphatic carbocycles. The molecular weight excluding hydrogens is 262 g/mol.